The first kappa shape index (κ1) is 18.7. The van der Waals surface area contributed by atoms with Crippen LogP contribution in [0.25, 0.3) is 0 Å². The first-order valence-electron chi connectivity index (χ1n) is 9.53. The van der Waals surface area contributed by atoms with Crippen molar-refractivity contribution in [2.24, 2.45) is 5.92 Å². The summed E-state index contributed by atoms with van der Waals surface area (Å²) < 4.78 is 2.80. The van der Waals surface area contributed by atoms with E-state index < -0.39 is 6.04 Å². The second-order valence-electron chi connectivity index (χ2n) is 7.13. The molecular formula is C22H23BrN4O. The molecule has 28 heavy (non-hydrogen) atoms. The molecule has 1 fully saturated rings. The van der Waals surface area contributed by atoms with Crippen molar-refractivity contribution in [3.8, 4) is 0 Å². The van der Waals surface area contributed by atoms with Gasteiger partial charge in [0.15, 0.2) is 6.04 Å². The van der Waals surface area contributed by atoms with Crippen LogP contribution in [0, 0.1) is 5.92 Å². The summed E-state index contributed by atoms with van der Waals surface area (Å²) >= 11 is 3.54. The van der Waals surface area contributed by atoms with Gasteiger partial charge in [0.25, 0.3) is 0 Å². The second kappa shape index (κ2) is 8.61. The van der Waals surface area contributed by atoms with Crippen molar-refractivity contribution >= 4 is 27.5 Å². The summed E-state index contributed by atoms with van der Waals surface area (Å²) in [5.74, 6) is 0.424. The van der Waals surface area contributed by atoms with Crippen LogP contribution in [0.15, 0.2) is 77.5 Å². The number of rotatable bonds is 6. The van der Waals surface area contributed by atoms with Gasteiger partial charge in [-0.15, -0.1) is 0 Å². The van der Waals surface area contributed by atoms with Crippen LogP contribution in [-0.2, 0) is 4.79 Å². The van der Waals surface area contributed by atoms with Gasteiger partial charge in [-0.1, -0.05) is 52.3 Å². The number of carbonyl (C=O) groups excluding carboxylic acids is 1. The molecule has 2 unspecified atom stereocenters. The van der Waals surface area contributed by atoms with E-state index in [1.165, 1.54) is 5.69 Å². The Morgan fingerprint density at radius 3 is 2.79 bits per heavy atom. The van der Waals surface area contributed by atoms with Gasteiger partial charge in [-0.25, -0.2) is 0 Å². The molecule has 4 rings (SSSR count). The number of halogens is 1. The maximum Gasteiger partial charge on any atom is 0.249 e. The highest BCUT2D eigenvalue weighted by atomic mass is 79.9. The van der Waals surface area contributed by atoms with Crippen LogP contribution >= 0.6 is 15.9 Å². The average Bonchev–Trinajstić information content (AvgIpc) is 3.40. The first-order valence-corrected chi connectivity index (χ1v) is 10.3. The second-order valence-corrected chi connectivity index (χ2v) is 8.04. The average molecular weight is 439 g/mol. The molecule has 3 aromatic rings. The fourth-order valence-electron chi connectivity index (χ4n) is 3.74. The summed E-state index contributed by atoms with van der Waals surface area (Å²) in [6.45, 7) is 2.64. The summed E-state index contributed by atoms with van der Waals surface area (Å²) in [4.78, 5) is 15.4. The van der Waals surface area contributed by atoms with Gasteiger partial charge in [0.05, 0.1) is 0 Å². The van der Waals surface area contributed by atoms with Crippen LogP contribution < -0.4 is 10.2 Å². The van der Waals surface area contributed by atoms with Crippen LogP contribution in [0.4, 0.5) is 5.69 Å². The van der Waals surface area contributed by atoms with Gasteiger partial charge in [0.1, 0.15) is 0 Å². The van der Waals surface area contributed by atoms with Gasteiger partial charge in [-0.3, -0.25) is 9.48 Å². The minimum Gasteiger partial charge on any atom is -0.371 e. The van der Waals surface area contributed by atoms with Crippen LogP contribution in [0.2, 0.25) is 0 Å². The fourth-order valence-corrected chi connectivity index (χ4v) is 4.13. The molecule has 2 heterocycles. The molecule has 1 aliphatic heterocycles. The van der Waals surface area contributed by atoms with Gasteiger partial charge in [-0.2, -0.15) is 5.10 Å². The molecule has 144 valence electrons. The normalized spacial score (nSPS) is 17.5. The molecule has 0 saturated carbocycles. The molecule has 0 aliphatic carbocycles. The Hall–Kier alpha value is -2.60. The Balaban J connectivity index is 1.39. The minimum absolute atomic E-state index is 0.0178. The lowest BCUT2D eigenvalue weighted by Crippen LogP contribution is -2.37. The summed E-state index contributed by atoms with van der Waals surface area (Å²) in [6, 6.07) is 19.6. The monoisotopic (exact) mass is 438 g/mol. The van der Waals surface area contributed by atoms with Gasteiger partial charge < -0.3 is 10.2 Å². The summed E-state index contributed by atoms with van der Waals surface area (Å²) in [5, 5.41) is 7.46. The summed E-state index contributed by atoms with van der Waals surface area (Å²) in [6.07, 6.45) is 4.61. The Morgan fingerprint density at radius 2 is 2.04 bits per heavy atom. The lowest BCUT2D eigenvalue weighted by molar-refractivity contribution is -0.123. The number of hydrogen-bond donors (Lipinski definition) is 1. The predicted molar refractivity (Wildman–Crippen MR) is 114 cm³/mol. The number of nitrogens with zero attached hydrogens (tertiary/aromatic N) is 3. The van der Waals surface area contributed by atoms with Crippen molar-refractivity contribution in [3.05, 3.63) is 83.1 Å². The highest BCUT2D eigenvalue weighted by molar-refractivity contribution is 9.10. The third-order valence-corrected chi connectivity index (χ3v) is 5.67. The van der Waals surface area contributed by atoms with E-state index in [-0.39, 0.29) is 5.91 Å². The molecule has 5 nitrogen and oxygen atoms in total. The number of carbonyl (C=O) groups is 1. The maximum absolute atomic E-state index is 13.0. The third-order valence-electron chi connectivity index (χ3n) is 5.18. The molecule has 1 amide bonds. The van der Waals surface area contributed by atoms with Crippen LogP contribution in [0.3, 0.4) is 0 Å². The van der Waals surface area contributed by atoms with E-state index >= 15 is 0 Å². The molecule has 1 saturated heterocycles. The summed E-state index contributed by atoms with van der Waals surface area (Å²) in [7, 11) is 0. The SMILES string of the molecule is O=C(NCC1CCN(c2cccc(Br)c2)C1)C(c1ccccc1)n1cccn1. The van der Waals surface area contributed by atoms with Crippen molar-refractivity contribution in [2.45, 2.75) is 12.5 Å². The van der Waals surface area contributed by atoms with E-state index in [0.29, 0.717) is 12.5 Å². The van der Waals surface area contributed by atoms with E-state index in [0.717, 1.165) is 29.5 Å². The van der Waals surface area contributed by atoms with Crippen molar-refractivity contribution in [3.63, 3.8) is 0 Å². The number of nitrogens with one attached hydrogen (secondary N) is 1. The van der Waals surface area contributed by atoms with Gasteiger partial charge in [0.2, 0.25) is 5.91 Å². The maximum atomic E-state index is 13.0. The Bertz CT molecular complexity index is 913. The molecule has 1 N–H and O–H groups in total. The minimum atomic E-state index is -0.446. The predicted octanol–water partition coefficient (Wildman–Crippen LogP) is 3.88. The fraction of sp³-hybridized carbons (Fsp3) is 0.273. The molecule has 2 aromatic carbocycles. The highest BCUT2D eigenvalue weighted by Gasteiger charge is 2.26. The Kier molecular flexibility index (Phi) is 5.76. The lowest BCUT2D eigenvalue weighted by atomic mass is 10.1. The standard InChI is InChI=1S/C22H23BrN4O/c23-19-8-4-9-20(14-19)26-13-10-17(16-26)15-24-22(28)21(27-12-5-11-25-27)18-6-2-1-3-7-18/h1-9,11-12,14,17,21H,10,13,15-16H2,(H,24,28). The van der Waals surface area contributed by atoms with Gasteiger partial charge in [-0.05, 0) is 42.2 Å². The van der Waals surface area contributed by atoms with Crippen LogP contribution in [0.5, 0.6) is 0 Å². The first-order chi connectivity index (χ1) is 13.7. The number of aromatic nitrogens is 2. The van der Waals surface area contributed by atoms with Gasteiger partial charge >= 0.3 is 0 Å². The van der Waals surface area contributed by atoms with Crippen LogP contribution in [-0.4, -0.2) is 35.3 Å². The molecule has 2 atom stereocenters. The molecule has 1 aliphatic rings. The van der Waals surface area contributed by atoms with Crippen molar-refractivity contribution < 1.29 is 4.79 Å². The van der Waals surface area contributed by atoms with Gasteiger partial charge in [0, 0.05) is 42.2 Å². The molecule has 1 aromatic heterocycles. The lowest BCUT2D eigenvalue weighted by Gasteiger charge is -2.21. The van der Waals surface area contributed by atoms with Crippen molar-refractivity contribution in [1.29, 1.82) is 0 Å². The quantitative estimate of drug-likeness (QED) is 0.635. The molecule has 6 heteroatoms. The zero-order chi connectivity index (χ0) is 19.3. The van der Waals surface area contributed by atoms with Crippen molar-refractivity contribution in [2.75, 3.05) is 24.5 Å². The molecule has 0 radical (unpaired) electrons. The largest absolute Gasteiger partial charge is 0.371 e. The zero-order valence-electron chi connectivity index (χ0n) is 15.5. The zero-order valence-corrected chi connectivity index (χ0v) is 17.1. The van der Waals surface area contributed by atoms with E-state index in [1.54, 1.807) is 10.9 Å². The highest BCUT2D eigenvalue weighted by Crippen LogP contribution is 2.26. The van der Waals surface area contributed by atoms with E-state index in [9.17, 15) is 4.79 Å². The molecular weight excluding hydrogens is 416 g/mol. The third kappa shape index (κ3) is 4.28. The van der Waals surface area contributed by atoms with Crippen molar-refractivity contribution in [1.82, 2.24) is 15.1 Å². The number of benzene rings is 2. The molecule has 0 spiro atoms. The van der Waals surface area contributed by atoms with E-state index in [2.05, 4.69) is 49.4 Å². The summed E-state index contributed by atoms with van der Waals surface area (Å²) in [5.41, 5.74) is 2.16. The smallest absolute Gasteiger partial charge is 0.249 e. The number of amides is 1. The topological polar surface area (TPSA) is 50.2 Å². The number of anilines is 1. The van der Waals surface area contributed by atoms with E-state index in [1.807, 2.05) is 48.7 Å². The Morgan fingerprint density at radius 1 is 1.18 bits per heavy atom. The number of hydrogen-bond acceptors (Lipinski definition) is 3. The van der Waals surface area contributed by atoms with Crippen LogP contribution in [0.1, 0.15) is 18.0 Å². The molecule has 0 bridgehead atoms. The van der Waals surface area contributed by atoms with E-state index in [4.69, 9.17) is 0 Å². The Labute approximate surface area is 173 Å².